The maximum absolute atomic E-state index is 12.9. The van der Waals surface area contributed by atoms with Crippen LogP contribution in [0.4, 0.5) is 0 Å². The summed E-state index contributed by atoms with van der Waals surface area (Å²) in [5, 5.41) is 0. The number of hydrogen-bond acceptors (Lipinski definition) is 6. The van der Waals surface area contributed by atoms with Gasteiger partial charge in [-0.3, -0.25) is 14.4 Å². The number of carbonyl (C=O) groups excluding carboxylic acids is 3. The second-order valence-electron chi connectivity index (χ2n) is 22.7. The Kier molecular flexibility index (Phi) is 66.3. The first-order valence-corrected chi connectivity index (χ1v) is 34.7. The fraction of sp³-hybridized carbons (Fsp3) is 0.675. The molecule has 6 heteroatoms. The summed E-state index contributed by atoms with van der Waals surface area (Å²) in [5.74, 6) is -0.933. The van der Waals surface area contributed by atoms with Gasteiger partial charge in [0, 0.05) is 19.3 Å². The number of allylic oxidation sites excluding steroid dienone is 22. The molecule has 0 radical (unpaired) electrons. The smallest absolute Gasteiger partial charge is 0.306 e. The highest BCUT2D eigenvalue weighted by atomic mass is 16.6. The average molecular weight is 1150 g/mol. The summed E-state index contributed by atoms with van der Waals surface area (Å²) in [4.78, 5) is 38.4. The van der Waals surface area contributed by atoms with Gasteiger partial charge in [-0.25, -0.2) is 0 Å². The van der Waals surface area contributed by atoms with E-state index in [1.54, 1.807) is 0 Å². The predicted octanol–water partition coefficient (Wildman–Crippen LogP) is 24.1. The predicted molar refractivity (Wildman–Crippen MR) is 362 cm³/mol. The van der Waals surface area contributed by atoms with Crippen LogP contribution in [0.25, 0.3) is 0 Å². The summed E-state index contributed by atoms with van der Waals surface area (Å²) in [5.41, 5.74) is 0. The molecule has 0 saturated heterocycles. The van der Waals surface area contributed by atoms with Gasteiger partial charge in [0.15, 0.2) is 6.10 Å². The molecule has 83 heavy (non-hydrogen) atoms. The van der Waals surface area contributed by atoms with Gasteiger partial charge in [-0.15, -0.1) is 0 Å². The van der Waals surface area contributed by atoms with Crippen molar-refractivity contribution in [3.63, 3.8) is 0 Å². The molecule has 0 aromatic rings. The van der Waals surface area contributed by atoms with Crippen LogP contribution in [0, 0.1) is 0 Å². The van der Waals surface area contributed by atoms with E-state index in [0.29, 0.717) is 19.3 Å². The lowest BCUT2D eigenvalue weighted by Gasteiger charge is -2.18. The highest BCUT2D eigenvalue weighted by molar-refractivity contribution is 5.71. The Morgan fingerprint density at radius 3 is 0.735 bits per heavy atom. The van der Waals surface area contributed by atoms with Gasteiger partial charge in [0.05, 0.1) is 0 Å². The fourth-order valence-corrected chi connectivity index (χ4v) is 9.49. The minimum Gasteiger partial charge on any atom is -0.462 e. The van der Waals surface area contributed by atoms with Crippen molar-refractivity contribution in [1.29, 1.82) is 0 Å². The van der Waals surface area contributed by atoms with Crippen LogP contribution in [0.2, 0.25) is 0 Å². The van der Waals surface area contributed by atoms with Crippen molar-refractivity contribution in [2.45, 2.75) is 322 Å². The van der Waals surface area contributed by atoms with Gasteiger partial charge < -0.3 is 14.2 Å². The molecule has 0 heterocycles. The van der Waals surface area contributed by atoms with E-state index in [-0.39, 0.29) is 31.1 Å². The third-order valence-electron chi connectivity index (χ3n) is 14.6. The zero-order chi connectivity index (χ0) is 59.9. The van der Waals surface area contributed by atoms with Crippen molar-refractivity contribution in [3.05, 3.63) is 134 Å². The lowest BCUT2D eigenvalue weighted by Crippen LogP contribution is -2.30. The highest BCUT2D eigenvalue weighted by Gasteiger charge is 2.19. The molecule has 1 unspecified atom stereocenters. The Hall–Kier alpha value is -4.45. The van der Waals surface area contributed by atoms with Crippen LogP contribution in [0.15, 0.2) is 134 Å². The van der Waals surface area contributed by atoms with E-state index in [0.717, 1.165) is 154 Å². The van der Waals surface area contributed by atoms with Crippen LogP contribution in [0.1, 0.15) is 316 Å². The van der Waals surface area contributed by atoms with E-state index in [9.17, 15) is 14.4 Å². The zero-order valence-electron chi connectivity index (χ0n) is 54.2. The fourth-order valence-electron chi connectivity index (χ4n) is 9.49. The number of unbranched alkanes of at least 4 members (excludes halogenated alkanes) is 29. The standard InChI is InChI=1S/C77H128O6/c1-4-7-10-13-16-19-22-25-28-30-32-34-36-37-38-39-41-42-44-46-49-52-55-58-61-64-67-70-76(79)82-73-74(72-81-75(78)69-66-63-60-57-54-51-48-27-24-21-18-15-12-9-6-3)83-77(80)71-68-65-62-59-56-53-50-47-45-43-40-35-33-31-29-26-23-20-17-14-11-8-5-2/h8-9,11-12,17-18,20-22,25-27,29-30,32-33,35,43,45,48,50,53,74H,4-7,10,13-16,19,23-24,28,31,34,36-42,44,46-47,49,51-52,54-73H2,1-3H3/b11-8-,12-9-,20-17-,21-18-,25-22-,29-26-,32-30-,35-33-,45-43-,48-27-,53-50-. The number of hydrogen-bond donors (Lipinski definition) is 0. The zero-order valence-corrected chi connectivity index (χ0v) is 54.2. The van der Waals surface area contributed by atoms with Crippen LogP contribution in [0.5, 0.6) is 0 Å². The molecule has 0 aliphatic carbocycles. The molecule has 0 aliphatic rings. The second-order valence-corrected chi connectivity index (χ2v) is 22.7. The largest absolute Gasteiger partial charge is 0.462 e. The van der Waals surface area contributed by atoms with Gasteiger partial charge in [-0.1, -0.05) is 296 Å². The first kappa shape index (κ1) is 78.5. The molecule has 0 N–H and O–H groups in total. The molecule has 0 aromatic carbocycles. The van der Waals surface area contributed by atoms with Gasteiger partial charge >= 0.3 is 17.9 Å². The quantitative estimate of drug-likeness (QED) is 0.0261. The minimum atomic E-state index is -0.806. The van der Waals surface area contributed by atoms with Gasteiger partial charge in [0.25, 0.3) is 0 Å². The molecule has 0 aromatic heterocycles. The lowest BCUT2D eigenvalue weighted by atomic mass is 10.0. The van der Waals surface area contributed by atoms with Crippen LogP contribution < -0.4 is 0 Å². The van der Waals surface area contributed by atoms with Crippen molar-refractivity contribution in [1.82, 2.24) is 0 Å². The average Bonchev–Trinajstić information content (AvgIpc) is 3.49. The van der Waals surface area contributed by atoms with Crippen molar-refractivity contribution in [3.8, 4) is 0 Å². The van der Waals surface area contributed by atoms with Crippen molar-refractivity contribution >= 4 is 17.9 Å². The molecule has 0 amide bonds. The maximum Gasteiger partial charge on any atom is 0.306 e. The number of carbonyl (C=O) groups is 3. The third kappa shape index (κ3) is 68.2. The van der Waals surface area contributed by atoms with Crippen LogP contribution >= 0.6 is 0 Å². The molecule has 6 nitrogen and oxygen atoms in total. The summed E-state index contributed by atoms with van der Waals surface area (Å²) in [6.45, 7) is 6.39. The molecule has 0 spiro atoms. The van der Waals surface area contributed by atoms with Gasteiger partial charge in [0.1, 0.15) is 13.2 Å². The van der Waals surface area contributed by atoms with Crippen molar-refractivity contribution in [2.75, 3.05) is 13.2 Å². The summed E-state index contributed by atoms with van der Waals surface area (Å²) in [6.07, 6.45) is 99.0. The Balaban J connectivity index is 4.38. The van der Waals surface area contributed by atoms with Gasteiger partial charge in [-0.05, 0) is 135 Å². The molecule has 0 bridgehead atoms. The van der Waals surface area contributed by atoms with E-state index in [2.05, 4.69) is 154 Å². The number of ether oxygens (including phenoxy) is 3. The van der Waals surface area contributed by atoms with Gasteiger partial charge in [0.2, 0.25) is 0 Å². The molecule has 1 atom stereocenters. The SMILES string of the molecule is CC/C=C\C/C=C\C/C=C\C/C=C\C/C=C\C/C=C\CCCCCCC(=O)OC(COC(=O)CCCCCCC/C=C\C/C=C\C/C=C\CC)COC(=O)CCCCCCCCCCCCCCCCC/C=C\C/C=C\CCCCCCC. The molecule has 0 aliphatic heterocycles. The van der Waals surface area contributed by atoms with Gasteiger partial charge in [-0.2, -0.15) is 0 Å². The van der Waals surface area contributed by atoms with E-state index in [4.69, 9.17) is 14.2 Å². The monoisotopic (exact) mass is 1150 g/mol. The lowest BCUT2D eigenvalue weighted by molar-refractivity contribution is -0.167. The summed E-state index contributed by atoms with van der Waals surface area (Å²) in [6, 6.07) is 0. The molecule has 0 fully saturated rings. The van der Waals surface area contributed by atoms with E-state index < -0.39 is 6.10 Å². The number of esters is 3. The summed E-state index contributed by atoms with van der Waals surface area (Å²) in [7, 11) is 0. The summed E-state index contributed by atoms with van der Waals surface area (Å²) < 4.78 is 16.9. The number of rotatable bonds is 62. The van der Waals surface area contributed by atoms with Crippen molar-refractivity contribution in [2.24, 2.45) is 0 Å². The minimum absolute atomic E-state index is 0.0967. The topological polar surface area (TPSA) is 78.9 Å². The highest BCUT2D eigenvalue weighted by Crippen LogP contribution is 2.16. The van der Waals surface area contributed by atoms with Crippen LogP contribution in [-0.2, 0) is 28.6 Å². The maximum atomic E-state index is 12.9. The Morgan fingerprint density at radius 2 is 0.470 bits per heavy atom. The normalized spacial score (nSPS) is 13.0. The van der Waals surface area contributed by atoms with E-state index in [1.165, 1.54) is 122 Å². The van der Waals surface area contributed by atoms with E-state index in [1.807, 2.05) is 0 Å². The van der Waals surface area contributed by atoms with Crippen LogP contribution in [0.3, 0.4) is 0 Å². The molecule has 0 saturated carbocycles. The molecular weight excluding hydrogens is 1020 g/mol. The molecule has 472 valence electrons. The second kappa shape index (κ2) is 70.0. The molecule has 0 rings (SSSR count). The Labute approximate surface area is 513 Å². The van der Waals surface area contributed by atoms with E-state index >= 15 is 0 Å². The molecular formula is C77H128O6. The van der Waals surface area contributed by atoms with Crippen LogP contribution in [-0.4, -0.2) is 37.2 Å². The Bertz CT molecular complexity index is 1750. The third-order valence-corrected chi connectivity index (χ3v) is 14.6. The summed E-state index contributed by atoms with van der Waals surface area (Å²) >= 11 is 0. The van der Waals surface area contributed by atoms with Crippen molar-refractivity contribution < 1.29 is 28.6 Å². The first-order chi connectivity index (χ1) is 41.0. The first-order valence-electron chi connectivity index (χ1n) is 34.7. The Morgan fingerprint density at radius 1 is 0.253 bits per heavy atom.